The van der Waals surface area contributed by atoms with Gasteiger partial charge in [0.25, 0.3) is 0 Å². The number of rotatable bonds is 4. The van der Waals surface area contributed by atoms with Crippen molar-refractivity contribution in [1.29, 1.82) is 0 Å². The first-order valence-electron chi connectivity index (χ1n) is 5.18. The fourth-order valence-electron chi connectivity index (χ4n) is 1.28. The summed E-state index contributed by atoms with van der Waals surface area (Å²) in [5.41, 5.74) is 6.23. The number of carbonyl (C=O) groups excluding carboxylic acids is 1. The number of nitrogens with one attached hydrogen (secondary N) is 1. The van der Waals surface area contributed by atoms with Crippen molar-refractivity contribution in [1.82, 2.24) is 0 Å². The van der Waals surface area contributed by atoms with E-state index in [0.29, 0.717) is 13.0 Å². The number of hydrogen-bond donors (Lipinski definition) is 2. The number of hydrogen-bond acceptors (Lipinski definition) is 2. The summed E-state index contributed by atoms with van der Waals surface area (Å²) in [7, 11) is 0. The van der Waals surface area contributed by atoms with Crippen LogP contribution in [0.4, 0.5) is 5.69 Å². The maximum atomic E-state index is 11.7. The highest BCUT2D eigenvalue weighted by atomic mass is 79.9. The van der Waals surface area contributed by atoms with E-state index in [2.05, 4.69) is 21.2 Å². The molecule has 0 bridgehead atoms. The van der Waals surface area contributed by atoms with Gasteiger partial charge in [-0.25, -0.2) is 0 Å². The van der Waals surface area contributed by atoms with Gasteiger partial charge in [-0.1, -0.05) is 35.8 Å². The quantitative estimate of drug-likeness (QED) is 0.893. The fraction of sp³-hybridized carbons (Fsp3) is 0.417. The second-order valence-electron chi connectivity index (χ2n) is 4.60. The van der Waals surface area contributed by atoms with Crippen LogP contribution in [-0.4, -0.2) is 12.5 Å². The van der Waals surface area contributed by atoms with Gasteiger partial charge in [0.1, 0.15) is 0 Å². The lowest BCUT2D eigenvalue weighted by Gasteiger charge is -2.21. The number of amides is 1. The van der Waals surface area contributed by atoms with E-state index in [-0.39, 0.29) is 11.3 Å². The minimum atomic E-state index is -0.157. The smallest absolute Gasteiger partial charge is 0.224 e. The van der Waals surface area contributed by atoms with E-state index in [1.807, 2.05) is 38.1 Å². The average molecular weight is 285 g/mol. The Hall–Kier alpha value is -0.870. The summed E-state index contributed by atoms with van der Waals surface area (Å²) in [5.74, 6) is -0.00597. The standard InChI is InChI=1S/C12H17BrN2O/c1-12(2,8-14)7-11(16)15-10-5-3-4-9(13)6-10/h3-6H,7-8,14H2,1-2H3,(H,15,16). The Bertz CT molecular complexity index is 377. The highest BCUT2D eigenvalue weighted by Crippen LogP contribution is 2.20. The zero-order valence-corrected chi connectivity index (χ0v) is 11.2. The molecule has 0 spiro atoms. The van der Waals surface area contributed by atoms with Crippen molar-refractivity contribution < 1.29 is 4.79 Å². The first-order chi connectivity index (χ1) is 7.43. The molecule has 0 atom stereocenters. The van der Waals surface area contributed by atoms with Crippen molar-refractivity contribution in [3.8, 4) is 0 Å². The second-order valence-corrected chi connectivity index (χ2v) is 5.52. The van der Waals surface area contributed by atoms with Gasteiger partial charge >= 0.3 is 0 Å². The summed E-state index contributed by atoms with van der Waals surface area (Å²) in [6.45, 7) is 4.46. The Kier molecular flexibility index (Phi) is 4.50. The van der Waals surface area contributed by atoms with Gasteiger partial charge in [0, 0.05) is 16.6 Å². The van der Waals surface area contributed by atoms with Crippen molar-refractivity contribution in [2.45, 2.75) is 20.3 Å². The first kappa shape index (κ1) is 13.2. The Labute approximate surface area is 105 Å². The van der Waals surface area contributed by atoms with Crippen LogP contribution in [-0.2, 0) is 4.79 Å². The van der Waals surface area contributed by atoms with E-state index >= 15 is 0 Å². The van der Waals surface area contributed by atoms with Crippen LogP contribution in [0.25, 0.3) is 0 Å². The lowest BCUT2D eigenvalue weighted by atomic mass is 9.89. The van der Waals surface area contributed by atoms with Crippen LogP contribution in [0.1, 0.15) is 20.3 Å². The Morgan fingerprint density at radius 1 is 1.50 bits per heavy atom. The summed E-state index contributed by atoms with van der Waals surface area (Å²) < 4.78 is 0.948. The predicted molar refractivity (Wildman–Crippen MR) is 70.2 cm³/mol. The van der Waals surface area contributed by atoms with Crippen molar-refractivity contribution in [3.63, 3.8) is 0 Å². The average Bonchev–Trinajstić information content (AvgIpc) is 2.16. The summed E-state index contributed by atoms with van der Waals surface area (Å²) in [6.07, 6.45) is 0.427. The van der Waals surface area contributed by atoms with Gasteiger partial charge in [0.05, 0.1) is 0 Å². The van der Waals surface area contributed by atoms with Crippen LogP contribution in [0.15, 0.2) is 28.7 Å². The van der Waals surface area contributed by atoms with Crippen molar-refractivity contribution in [2.24, 2.45) is 11.1 Å². The highest BCUT2D eigenvalue weighted by molar-refractivity contribution is 9.10. The molecule has 3 nitrogen and oxygen atoms in total. The molecule has 1 amide bonds. The van der Waals surface area contributed by atoms with E-state index in [1.165, 1.54) is 0 Å². The molecular formula is C12H17BrN2O. The first-order valence-corrected chi connectivity index (χ1v) is 5.98. The Morgan fingerprint density at radius 2 is 2.19 bits per heavy atom. The molecule has 0 aromatic heterocycles. The van der Waals surface area contributed by atoms with Crippen LogP contribution < -0.4 is 11.1 Å². The molecule has 0 unspecified atom stereocenters. The molecule has 0 saturated carbocycles. The predicted octanol–water partition coefficient (Wildman–Crippen LogP) is 2.76. The zero-order chi connectivity index (χ0) is 12.2. The molecule has 1 aromatic carbocycles. The summed E-state index contributed by atoms with van der Waals surface area (Å²) in [6, 6.07) is 7.53. The molecule has 0 aliphatic rings. The molecule has 3 N–H and O–H groups in total. The third kappa shape index (κ3) is 4.33. The van der Waals surface area contributed by atoms with Gasteiger partial charge in [0.2, 0.25) is 5.91 Å². The summed E-state index contributed by atoms with van der Waals surface area (Å²) in [4.78, 5) is 11.7. The SMILES string of the molecule is CC(C)(CN)CC(=O)Nc1cccc(Br)c1. The molecule has 4 heteroatoms. The van der Waals surface area contributed by atoms with Gasteiger partial charge in [-0.2, -0.15) is 0 Å². The van der Waals surface area contributed by atoms with Crippen LogP contribution in [0.5, 0.6) is 0 Å². The Morgan fingerprint density at radius 3 is 2.75 bits per heavy atom. The van der Waals surface area contributed by atoms with Crippen LogP contribution in [0.3, 0.4) is 0 Å². The van der Waals surface area contributed by atoms with E-state index in [4.69, 9.17) is 5.73 Å². The van der Waals surface area contributed by atoms with Crippen molar-refractivity contribution in [2.75, 3.05) is 11.9 Å². The fourth-order valence-corrected chi connectivity index (χ4v) is 1.68. The second kappa shape index (κ2) is 5.46. The van der Waals surface area contributed by atoms with E-state index in [9.17, 15) is 4.79 Å². The summed E-state index contributed by atoms with van der Waals surface area (Å²) >= 11 is 3.36. The molecule has 1 aromatic rings. The molecule has 0 aliphatic heterocycles. The highest BCUT2D eigenvalue weighted by Gasteiger charge is 2.20. The van der Waals surface area contributed by atoms with Gasteiger partial charge < -0.3 is 11.1 Å². The number of anilines is 1. The van der Waals surface area contributed by atoms with Crippen molar-refractivity contribution >= 4 is 27.5 Å². The Balaban J connectivity index is 2.59. The minimum Gasteiger partial charge on any atom is -0.330 e. The monoisotopic (exact) mass is 284 g/mol. The normalized spacial score (nSPS) is 11.2. The minimum absolute atomic E-state index is 0.00597. The van der Waals surface area contributed by atoms with E-state index in [1.54, 1.807) is 0 Å². The largest absolute Gasteiger partial charge is 0.330 e. The number of nitrogens with two attached hydrogens (primary N) is 1. The van der Waals surface area contributed by atoms with E-state index < -0.39 is 0 Å². The molecule has 16 heavy (non-hydrogen) atoms. The molecule has 88 valence electrons. The molecule has 0 radical (unpaired) electrons. The zero-order valence-electron chi connectivity index (χ0n) is 9.59. The lowest BCUT2D eigenvalue weighted by Crippen LogP contribution is -2.29. The molecule has 0 heterocycles. The molecule has 0 aliphatic carbocycles. The molecule has 0 saturated heterocycles. The number of halogens is 1. The third-order valence-corrected chi connectivity index (χ3v) is 2.79. The maximum absolute atomic E-state index is 11.7. The van der Waals surface area contributed by atoms with Gasteiger partial charge in [-0.3, -0.25) is 4.79 Å². The van der Waals surface area contributed by atoms with Crippen LogP contribution in [0, 0.1) is 5.41 Å². The number of carbonyl (C=O) groups is 1. The van der Waals surface area contributed by atoms with Crippen LogP contribution >= 0.6 is 15.9 Å². The molecular weight excluding hydrogens is 268 g/mol. The topological polar surface area (TPSA) is 55.1 Å². The van der Waals surface area contributed by atoms with Gasteiger partial charge in [-0.15, -0.1) is 0 Å². The van der Waals surface area contributed by atoms with Crippen LogP contribution in [0.2, 0.25) is 0 Å². The number of benzene rings is 1. The summed E-state index contributed by atoms with van der Waals surface area (Å²) in [5, 5.41) is 2.85. The molecule has 1 rings (SSSR count). The van der Waals surface area contributed by atoms with E-state index in [0.717, 1.165) is 10.2 Å². The third-order valence-electron chi connectivity index (χ3n) is 2.30. The van der Waals surface area contributed by atoms with Crippen molar-refractivity contribution in [3.05, 3.63) is 28.7 Å². The van der Waals surface area contributed by atoms with Gasteiger partial charge in [-0.05, 0) is 30.2 Å². The lowest BCUT2D eigenvalue weighted by molar-refractivity contribution is -0.117. The van der Waals surface area contributed by atoms with Gasteiger partial charge in [0.15, 0.2) is 0 Å². The maximum Gasteiger partial charge on any atom is 0.224 e. The molecule has 0 fully saturated rings.